The van der Waals surface area contributed by atoms with Crippen LogP contribution in [0, 0.1) is 19.8 Å². The Morgan fingerprint density at radius 3 is 2.87 bits per heavy atom. The summed E-state index contributed by atoms with van der Waals surface area (Å²) in [5, 5.41) is 4.41. The molecule has 6 nitrogen and oxygen atoms in total. The molecule has 1 fully saturated rings. The van der Waals surface area contributed by atoms with Gasteiger partial charge in [-0.25, -0.2) is 9.50 Å². The summed E-state index contributed by atoms with van der Waals surface area (Å²) in [6.07, 6.45) is 3.66. The van der Waals surface area contributed by atoms with Crippen LogP contribution < -0.4 is 5.73 Å². The minimum atomic E-state index is 0. The normalized spacial score (nSPS) is 21.3. The Labute approximate surface area is 142 Å². The van der Waals surface area contributed by atoms with Crippen molar-refractivity contribution in [2.24, 2.45) is 11.7 Å². The van der Waals surface area contributed by atoms with Crippen molar-refractivity contribution in [3.05, 3.63) is 29.2 Å². The van der Waals surface area contributed by atoms with Gasteiger partial charge in [0.1, 0.15) is 0 Å². The fraction of sp³-hybridized carbons (Fsp3) is 0.562. The summed E-state index contributed by atoms with van der Waals surface area (Å²) in [5.74, 6) is 0.635. The fourth-order valence-corrected chi connectivity index (χ4v) is 3.27. The van der Waals surface area contributed by atoms with Crippen molar-refractivity contribution < 1.29 is 4.79 Å². The first-order chi connectivity index (χ1) is 10.5. The number of likely N-dealkylation sites (tertiary alicyclic amines) is 1. The van der Waals surface area contributed by atoms with E-state index in [4.69, 9.17) is 5.73 Å². The van der Waals surface area contributed by atoms with Crippen molar-refractivity contribution >= 4 is 24.0 Å². The first-order valence-corrected chi connectivity index (χ1v) is 7.84. The number of amides is 1. The molecule has 3 rings (SSSR count). The summed E-state index contributed by atoms with van der Waals surface area (Å²) in [4.78, 5) is 19.2. The van der Waals surface area contributed by atoms with Crippen LogP contribution in [-0.4, -0.2) is 44.5 Å². The van der Waals surface area contributed by atoms with E-state index < -0.39 is 0 Å². The summed E-state index contributed by atoms with van der Waals surface area (Å²) < 4.78 is 1.74. The molecule has 2 atom stereocenters. The Kier molecular flexibility index (Phi) is 5.26. The number of hydrogen-bond acceptors (Lipinski definition) is 4. The highest BCUT2D eigenvalue weighted by Crippen LogP contribution is 2.24. The Bertz CT molecular complexity index is 714. The molecule has 126 valence electrons. The molecule has 2 aromatic rings. The van der Waals surface area contributed by atoms with Gasteiger partial charge in [0.25, 0.3) is 5.91 Å². The number of fused-ring (bicyclic) bond motifs is 1. The summed E-state index contributed by atoms with van der Waals surface area (Å²) in [7, 11) is 0. The van der Waals surface area contributed by atoms with E-state index in [0.717, 1.165) is 36.4 Å². The number of carbonyl (C=O) groups is 1. The highest BCUT2D eigenvalue weighted by molar-refractivity contribution is 5.95. The molecule has 7 heteroatoms. The topological polar surface area (TPSA) is 76.5 Å². The van der Waals surface area contributed by atoms with Gasteiger partial charge in [-0.15, -0.1) is 12.4 Å². The molecule has 1 saturated heterocycles. The molecule has 0 saturated carbocycles. The number of hydrogen-bond donors (Lipinski definition) is 1. The first kappa shape index (κ1) is 17.7. The summed E-state index contributed by atoms with van der Waals surface area (Å²) >= 11 is 0. The maximum Gasteiger partial charge on any atom is 0.257 e. The van der Waals surface area contributed by atoms with E-state index in [9.17, 15) is 4.79 Å². The van der Waals surface area contributed by atoms with Crippen LogP contribution >= 0.6 is 12.4 Å². The Morgan fingerprint density at radius 1 is 1.43 bits per heavy atom. The Morgan fingerprint density at radius 2 is 2.17 bits per heavy atom. The van der Waals surface area contributed by atoms with E-state index in [1.807, 2.05) is 24.8 Å². The molecule has 1 amide bonds. The van der Waals surface area contributed by atoms with Crippen LogP contribution in [0.5, 0.6) is 0 Å². The smallest absolute Gasteiger partial charge is 0.257 e. The molecule has 0 spiro atoms. The van der Waals surface area contributed by atoms with Crippen LogP contribution in [0.3, 0.4) is 0 Å². The number of piperidine rings is 1. The van der Waals surface area contributed by atoms with E-state index >= 15 is 0 Å². The van der Waals surface area contributed by atoms with Crippen molar-refractivity contribution in [2.75, 3.05) is 13.1 Å². The molecular formula is C16H24ClN5O. The molecule has 0 bridgehead atoms. The van der Waals surface area contributed by atoms with Gasteiger partial charge in [-0.3, -0.25) is 4.79 Å². The molecule has 0 aromatic carbocycles. The zero-order valence-electron chi connectivity index (χ0n) is 13.8. The molecule has 0 radical (unpaired) electrons. The van der Waals surface area contributed by atoms with Crippen molar-refractivity contribution in [1.82, 2.24) is 19.5 Å². The number of aromatic nitrogens is 3. The molecule has 3 heterocycles. The van der Waals surface area contributed by atoms with Crippen molar-refractivity contribution in [1.29, 1.82) is 0 Å². The first-order valence-electron chi connectivity index (χ1n) is 7.84. The highest BCUT2D eigenvalue weighted by Gasteiger charge is 2.30. The SMILES string of the molecule is Cc1cc2ncc(C(=O)N3CCC(C)CC3CN)c(C)n2n1.Cl. The van der Waals surface area contributed by atoms with Gasteiger partial charge in [0.2, 0.25) is 0 Å². The molecule has 2 aromatic heterocycles. The van der Waals surface area contributed by atoms with Crippen LogP contribution in [0.1, 0.15) is 41.5 Å². The lowest BCUT2D eigenvalue weighted by Crippen LogP contribution is -2.49. The van der Waals surface area contributed by atoms with Crippen molar-refractivity contribution in [3.8, 4) is 0 Å². The average molecular weight is 338 g/mol. The van der Waals surface area contributed by atoms with Gasteiger partial charge in [-0.05, 0) is 32.6 Å². The highest BCUT2D eigenvalue weighted by atomic mass is 35.5. The van der Waals surface area contributed by atoms with E-state index in [0.29, 0.717) is 18.0 Å². The molecule has 1 aliphatic heterocycles. The van der Waals surface area contributed by atoms with Crippen molar-refractivity contribution in [2.45, 2.75) is 39.7 Å². The van der Waals surface area contributed by atoms with E-state index in [2.05, 4.69) is 17.0 Å². The van der Waals surface area contributed by atoms with Gasteiger partial charge >= 0.3 is 0 Å². The maximum absolute atomic E-state index is 12.9. The lowest BCUT2D eigenvalue weighted by Gasteiger charge is -2.38. The minimum absolute atomic E-state index is 0. The lowest BCUT2D eigenvalue weighted by molar-refractivity contribution is 0.0571. The minimum Gasteiger partial charge on any atom is -0.334 e. The predicted molar refractivity (Wildman–Crippen MR) is 92.0 cm³/mol. The van der Waals surface area contributed by atoms with Gasteiger partial charge in [-0.2, -0.15) is 5.10 Å². The van der Waals surface area contributed by atoms with Crippen LogP contribution in [0.25, 0.3) is 5.65 Å². The van der Waals surface area contributed by atoms with Crippen LogP contribution in [0.2, 0.25) is 0 Å². The number of halogens is 1. The fourth-order valence-electron chi connectivity index (χ4n) is 3.27. The van der Waals surface area contributed by atoms with Gasteiger partial charge in [-0.1, -0.05) is 6.92 Å². The summed E-state index contributed by atoms with van der Waals surface area (Å²) in [5.41, 5.74) is 8.99. The standard InChI is InChI=1S/C16H23N5O.ClH/c1-10-4-5-20(13(6-10)8-17)16(22)14-9-18-15-7-11(2)19-21(15)12(14)3;/h7,9-10,13H,4-6,8,17H2,1-3H3;1H. The predicted octanol–water partition coefficient (Wildman–Crippen LogP) is 1.97. The maximum atomic E-state index is 12.9. The number of aryl methyl sites for hydroxylation is 2. The van der Waals surface area contributed by atoms with Gasteiger partial charge in [0.15, 0.2) is 5.65 Å². The number of nitrogens with zero attached hydrogens (tertiary/aromatic N) is 4. The number of rotatable bonds is 2. The summed E-state index contributed by atoms with van der Waals surface area (Å²) in [6.45, 7) is 7.32. The number of nitrogens with two attached hydrogens (primary N) is 1. The van der Waals surface area contributed by atoms with Gasteiger partial charge in [0, 0.05) is 31.4 Å². The second-order valence-corrected chi connectivity index (χ2v) is 6.33. The van der Waals surface area contributed by atoms with Gasteiger partial charge in [0.05, 0.1) is 17.0 Å². The zero-order valence-corrected chi connectivity index (χ0v) is 14.6. The number of carbonyl (C=O) groups excluding carboxylic acids is 1. The van der Waals surface area contributed by atoms with E-state index in [-0.39, 0.29) is 24.4 Å². The molecule has 23 heavy (non-hydrogen) atoms. The lowest BCUT2D eigenvalue weighted by atomic mass is 9.92. The Hall–Kier alpha value is -1.66. The third-order valence-electron chi connectivity index (χ3n) is 4.59. The van der Waals surface area contributed by atoms with Crippen molar-refractivity contribution in [3.63, 3.8) is 0 Å². The molecule has 1 aliphatic rings. The second kappa shape index (κ2) is 6.84. The largest absolute Gasteiger partial charge is 0.334 e. The quantitative estimate of drug-likeness (QED) is 0.909. The van der Waals surface area contributed by atoms with Crippen LogP contribution in [0.15, 0.2) is 12.3 Å². The van der Waals surface area contributed by atoms with Crippen LogP contribution in [-0.2, 0) is 0 Å². The average Bonchev–Trinajstić information content (AvgIpc) is 2.88. The second-order valence-electron chi connectivity index (χ2n) is 6.33. The Balaban J connectivity index is 0.00000192. The van der Waals surface area contributed by atoms with Gasteiger partial charge < -0.3 is 10.6 Å². The van der Waals surface area contributed by atoms with E-state index in [1.165, 1.54) is 0 Å². The molecule has 0 aliphatic carbocycles. The molecule has 2 N–H and O–H groups in total. The van der Waals surface area contributed by atoms with E-state index in [1.54, 1.807) is 10.7 Å². The molecular weight excluding hydrogens is 314 g/mol. The zero-order chi connectivity index (χ0) is 15.9. The molecule has 2 unspecified atom stereocenters. The summed E-state index contributed by atoms with van der Waals surface area (Å²) in [6, 6.07) is 2.03. The third-order valence-corrected chi connectivity index (χ3v) is 4.59. The third kappa shape index (κ3) is 3.19. The van der Waals surface area contributed by atoms with Crippen LogP contribution in [0.4, 0.5) is 0 Å². The monoisotopic (exact) mass is 337 g/mol.